The quantitative estimate of drug-likeness (QED) is 0.792. The molecule has 0 fully saturated rings. The summed E-state index contributed by atoms with van der Waals surface area (Å²) in [5, 5.41) is 10.1. The first-order valence-corrected chi connectivity index (χ1v) is 7.36. The second-order valence-electron chi connectivity index (χ2n) is 5.38. The van der Waals surface area contributed by atoms with E-state index in [0.717, 1.165) is 17.7 Å². The highest BCUT2D eigenvalue weighted by atomic mass is 16.5. The fourth-order valence-corrected chi connectivity index (χ4v) is 2.17. The summed E-state index contributed by atoms with van der Waals surface area (Å²) in [6.07, 6.45) is 0.441. The molecule has 0 amide bonds. The smallest absolute Gasteiger partial charge is 0.119 e. The number of aliphatic hydroxyl groups excluding tert-OH is 1. The minimum Gasteiger partial charge on any atom is -0.491 e. The van der Waals surface area contributed by atoms with E-state index in [1.807, 2.05) is 24.3 Å². The highest BCUT2D eigenvalue weighted by molar-refractivity contribution is 5.41. The maximum atomic E-state index is 10.1. The summed E-state index contributed by atoms with van der Waals surface area (Å²) in [6.45, 7) is 4.60. The van der Waals surface area contributed by atoms with E-state index in [2.05, 4.69) is 26.0 Å². The van der Waals surface area contributed by atoms with Crippen LogP contribution >= 0.6 is 0 Å². The van der Waals surface area contributed by atoms with Crippen molar-refractivity contribution in [1.82, 2.24) is 0 Å². The number of ether oxygens (including phenoxy) is 1. The summed E-state index contributed by atoms with van der Waals surface area (Å²) in [6, 6.07) is 15.3. The first-order chi connectivity index (χ1) is 10.1. The van der Waals surface area contributed by atoms with Crippen LogP contribution in [0.15, 0.2) is 48.5 Å². The summed E-state index contributed by atoms with van der Waals surface area (Å²) in [5.74, 6) is 1.32. The van der Waals surface area contributed by atoms with Crippen LogP contribution in [-0.2, 0) is 0 Å². The molecule has 0 bridgehead atoms. The molecule has 0 saturated carbocycles. The molecule has 2 aromatic rings. The third-order valence-electron chi connectivity index (χ3n) is 3.76. The molecule has 0 spiro atoms. The monoisotopic (exact) mass is 285 g/mol. The maximum absolute atomic E-state index is 10.1. The van der Waals surface area contributed by atoms with Crippen LogP contribution in [0.5, 0.6) is 5.75 Å². The molecule has 2 aromatic carbocycles. The van der Waals surface area contributed by atoms with Gasteiger partial charge in [-0.2, -0.15) is 0 Å². The molecule has 0 radical (unpaired) electrons. The number of hydrogen-bond acceptors (Lipinski definition) is 3. The van der Waals surface area contributed by atoms with Gasteiger partial charge in [0.1, 0.15) is 18.5 Å². The fourth-order valence-electron chi connectivity index (χ4n) is 2.17. The van der Waals surface area contributed by atoms with Crippen molar-refractivity contribution in [2.24, 2.45) is 0 Å². The Morgan fingerprint density at radius 3 is 2.43 bits per heavy atom. The number of nitrogen functional groups attached to an aromatic ring is 1. The number of nitrogens with two attached hydrogens (primary N) is 1. The Morgan fingerprint density at radius 2 is 1.81 bits per heavy atom. The zero-order valence-corrected chi connectivity index (χ0v) is 12.6. The van der Waals surface area contributed by atoms with Gasteiger partial charge < -0.3 is 15.6 Å². The summed E-state index contributed by atoms with van der Waals surface area (Å²) in [4.78, 5) is 0. The van der Waals surface area contributed by atoms with Gasteiger partial charge in [-0.3, -0.25) is 0 Å². The van der Waals surface area contributed by atoms with Crippen molar-refractivity contribution in [1.29, 1.82) is 0 Å². The number of hydrogen-bond donors (Lipinski definition) is 2. The van der Waals surface area contributed by atoms with Crippen molar-refractivity contribution in [3.05, 3.63) is 59.7 Å². The van der Waals surface area contributed by atoms with Gasteiger partial charge in [-0.05, 0) is 47.7 Å². The van der Waals surface area contributed by atoms with Crippen LogP contribution in [0.2, 0.25) is 0 Å². The molecule has 3 N–H and O–H groups in total. The van der Waals surface area contributed by atoms with Gasteiger partial charge in [0.15, 0.2) is 0 Å². The molecule has 0 aliphatic carbocycles. The lowest BCUT2D eigenvalue weighted by Crippen LogP contribution is -2.10. The predicted molar refractivity (Wildman–Crippen MR) is 86.5 cm³/mol. The third-order valence-corrected chi connectivity index (χ3v) is 3.76. The number of aliphatic hydroxyl groups is 1. The number of benzene rings is 2. The summed E-state index contributed by atoms with van der Waals surface area (Å²) in [5.41, 5.74) is 8.43. The van der Waals surface area contributed by atoms with Gasteiger partial charge in [0.25, 0.3) is 0 Å². The molecule has 3 nitrogen and oxygen atoms in total. The van der Waals surface area contributed by atoms with Crippen LogP contribution in [0.25, 0.3) is 0 Å². The first-order valence-electron chi connectivity index (χ1n) is 7.36. The molecule has 21 heavy (non-hydrogen) atoms. The van der Waals surface area contributed by atoms with Gasteiger partial charge in [0, 0.05) is 5.69 Å². The van der Waals surface area contributed by atoms with Crippen molar-refractivity contribution in [3.8, 4) is 5.75 Å². The lowest BCUT2D eigenvalue weighted by Gasteiger charge is -2.14. The van der Waals surface area contributed by atoms with Gasteiger partial charge in [-0.15, -0.1) is 0 Å². The van der Waals surface area contributed by atoms with Gasteiger partial charge in [-0.1, -0.05) is 38.1 Å². The molecule has 0 heterocycles. The minimum atomic E-state index is -0.678. The average Bonchev–Trinajstić information content (AvgIpc) is 2.52. The zero-order chi connectivity index (χ0) is 15.2. The van der Waals surface area contributed by atoms with Crippen molar-refractivity contribution >= 4 is 5.69 Å². The van der Waals surface area contributed by atoms with Crippen LogP contribution in [0, 0.1) is 0 Å². The second kappa shape index (κ2) is 7.14. The molecular weight excluding hydrogens is 262 g/mol. The summed E-state index contributed by atoms with van der Waals surface area (Å²) >= 11 is 0. The molecule has 2 rings (SSSR count). The first kappa shape index (κ1) is 15.4. The highest BCUT2D eigenvalue weighted by Gasteiger charge is 2.09. The topological polar surface area (TPSA) is 55.5 Å². The molecule has 3 heteroatoms. The molecule has 2 atom stereocenters. The van der Waals surface area contributed by atoms with E-state index in [1.54, 1.807) is 12.1 Å². The van der Waals surface area contributed by atoms with E-state index in [0.29, 0.717) is 11.6 Å². The average molecular weight is 285 g/mol. The van der Waals surface area contributed by atoms with E-state index in [1.165, 1.54) is 5.56 Å². The van der Waals surface area contributed by atoms with Gasteiger partial charge >= 0.3 is 0 Å². The lowest BCUT2D eigenvalue weighted by molar-refractivity contribution is 0.108. The third kappa shape index (κ3) is 4.23. The normalized spacial score (nSPS) is 13.7. The molecule has 0 aliphatic rings. The number of rotatable bonds is 6. The second-order valence-corrected chi connectivity index (χ2v) is 5.38. The Hall–Kier alpha value is -2.00. The van der Waals surface area contributed by atoms with Crippen molar-refractivity contribution in [2.45, 2.75) is 32.3 Å². The van der Waals surface area contributed by atoms with E-state index in [4.69, 9.17) is 10.5 Å². The lowest BCUT2D eigenvalue weighted by atomic mass is 9.99. The molecule has 0 aromatic heterocycles. The van der Waals surface area contributed by atoms with Gasteiger partial charge in [-0.25, -0.2) is 0 Å². The zero-order valence-electron chi connectivity index (χ0n) is 12.6. The summed E-state index contributed by atoms with van der Waals surface area (Å²) in [7, 11) is 0. The Balaban J connectivity index is 1.93. The van der Waals surface area contributed by atoms with Crippen molar-refractivity contribution in [2.75, 3.05) is 12.3 Å². The van der Waals surface area contributed by atoms with E-state index < -0.39 is 6.10 Å². The van der Waals surface area contributed by atoms with Gasteiger partial charge in [0.2, 0.25) is 0 Å². The summed E-state index contributed by atoms with van der Waals surface area (Å²) < 4.78 is 5.64. The van der Waals surface area contributed by atoms with Crippen LogP contribution < -0.4 is 10.5 Å². The Labute approximate surface area is 126 Å². The SMILES string of the molecule is CCC(C)c1ccc(OCC(O)c2cccc(N)c2)cc1. The molecule has 0 saturated heterocycles. The Bertz CT molecular complexity index is 566. The van der Waals surface area contributed by atoms with Crippen molar-refractivity contribution in [3.63, 3.8) is 0 Å². The van der Waals surface area contributed by atoms with Crippen molar-refractivity contribution < 1.29 is 9.84 Å². The molecule has 112 valence electrons. The highest BCUT2D eigenvalue weighted by Crippen LogP contribution is 2.23. The van der Waals surface area contributed by atoms with E-state index in [9.17, 15) is 5.11 Å². The predicted octanol–water partition coefficient (Wildman–Crippen LogP) is 3.89. The maximum Gasteiger partial charge on any atom is 0.119 e. The van der Waals surface area contributed by atoms with Gasteiger partial charge in [0.05, 0.1) is 0 Å². The standard InChI is InChI=1S/C18H23NO2/c1-3-13(2)14-7-9-17(10-8-14)21-12-18(20)15-5-4-6-16(19)11-15/h4-11,13,18,20H,3,12,19H2,1-2H3. The Morgan fingerprint density at radius 1 is 1.10 bits per heavy atom. The molecule has 0 aliphatic heterocycles. The largest absolute Gasteiger partial charge is 0.491 e. The molecule has 2 unspecified atom stereocenters. The van der Waals surface area contributed by atoms with E-state index >= 15 is 0 Å². The minimum absolute atomic E-state index is 0.214. The van der Waals surface area contributed by atoms with Crippen LogP contribution in [-0.4, -0.2) is 11.7 Å². The molecular formula is C18H23NO2. The van der Waals surface area contributed by atoms with Crippen LogP contribution in [0.3, 0.4) is 0 Å². The van der Waals surface area contributed by atoms with Crippen LogP contribution in [0.1, 0.15) is 43.4 Å². The fraction of sp³-hybridized carbons (Fsp3) is 0.333. The van der Waals surface area contributed by atoms with E-state index in [-0.39, 0.29) is 6.61 Å². The van der Waals surface area contributed by atoms with Crippen LogP contribution in [0.4, 0.5) is 5.69 Å². The Kier molecular flexibility index (Phi) is 5.23. The number of anilines is 1.